The molecule has 1 aromatic carbocycles. The number of carbonyl (C=O) groups excluding carboxylic acids is 1. The zero-order chi connectivity index (χ0) is 16.9. The summed E-state index contributed by atoms with van der Waals surface area (Å²) in [4.78, 5) is 17.1. The fraction of sp³-hybridized carbons (Fsp3) is 0.650. The van der Waals surface area contributed by atoms with Crippen LogP contribution in [0, 0.1) is 5.92 Å². The summed E-state index contributed by atoms with van der Waals surface area (Å²) in [5.74, 6) is 1.87. The van der Waals surface area contributed by atoms with E-state index >= 15 is 0 Å². The minimum atomic E-state index is 0.305. The predicted octanol–water partition coefficient (Wildman–Crippen LogP) is 3.48. The lowest BCUT2D eigenvalue weighted by Crippen LogP contribution is -2.44. The maximum atomic E-state index is 12.7. The summed E-state index contributed by atoms with van der Waals surface area (Å²) in [7, 11) is 0. The maximum absolute atomic E-state index is 12.7. The van der Waals surface area contributed by atoms with Crippen molar-refractivity contribution in [2.75, 3.05) is 32.8 Å². The molecule has 0 unspecified atom stereocenters. The van der Waals surface area contributed by atoms with Gasteiger partial charge >= 0.3 is 0 Å². The van der Waals surface area contributed by atoms with E-state index in [2.05, 4.69) is 28.9 Å². The van der Waals surface area contributed by atoms with Crippen LogP contribution in [0.4, 0.5) is 0 Å². The van der Waals surface area contributed by atoms with Crippen LogP contribution < -0.4 is 4.74 Å². The molecule has 0 saturated carbocycles. The highest BCUT2D eigenvalue weighted by Crippen LogP contribution is 2.32. The van der Waals surface area contributed by atoms with E-state index in [4.69, 9.17) is 4.74 Å². The molecular formula is C20H30N2O2. The Morgan fingerprint density at radius 2 is 1.92 bits per heavy atom. The maximum Gasteiger partial charge on any atom is 0.236 e. The third kappa shape index (κ3) is 4.10. The summed E-state index contributed by atoms with van der Waals surface area (Å²) >= 11 is 0. The van der Waals surface area contributed by atoms with Crippen molar-refractivity contribution in [1.82, 2.24) is 9.80 Å². The van der Waals surface area contributed by atoms with Gasteiger partial charge in [0.2, 0.25) is 5.91 Å². The highest BCUT2D eigenvalue weighted by Gasteiger charge is 2.30. The van der Waals surface area contributed by atoms with Crippen molar-refractivity contribution in [1.29, 1.82) is 0 Å². The van der Waals surface area contributed by atoms with Gasteiger partial charge in [-0.2, -0.15) is 0 Å². The lowest BCUT2D eigenvalue weighted by atomic mass is 10.0. The van der Waals surface area contributed by atoms with Crippen LogP contribution >= 0.6 is 0 Å². The third-order valence-corrected chi connectivity index (χ3v) is 5.29. The van der Waals surface area contributed by atoms with Crippen LogP contribution in [-0.2, 0) is 4.79 Å². The van der Waals surface area contributed by atoms with E-state index in [0.717, 1.165) is 38.2 Å². The van der Waals surface area contributed by atoms with Gasteiger partial charge in [0, 0.05) is 19.1 Å². The molecule has 2 atom stereocenters. The second-order valence-corrected chi connectivity index (χ2v) is 7.22. The first kappa shape index (κ1) is 17.3. The zero-order valence-electron chi connectivity index (χ0n) is 15.0. The number of ether oxygens (including phenoxy) is 1. The lowest BCUT2D eigenvalue weighted by Gasteiger charge is -2.33. The van der Waals surface area contributed by atoms with Crippen LogP contribution in [-0.4, -0.2) is 48.5 Å². The van der Waals surface area contributed by atoms with E-state index in [0.29, 0.717) is 31.0 Å². The normalized spacial score (nSPS) is 25.0. The zero-order valence-corrected chi connectivity index (χ0v) is 15.0. The van der Waals surface area contributed by atoms with Crippen LogP contribution in [0.3, 0.4) is 0 Å². The van der Waals surface area contributed by atoms with E-state index in [-0.39, 0.29) is 0 Å². The number of likely N-dealkylation sites (tertiary alicyclic amines) is 2. The Kier molecular flexibility index (Phi) is 5.77. The van der Waals surface area contributed by atoms with Crippen molar-refractivity contribution in [2.24, 2.45) is 5.92 Å². The molecule has 0 aliphatic carbocycles. The van der Waals surface area contributed by atoms with Crippen molar-refractivity contribution in [3.05, 3.63) is 29.8 Å². The Morgan fingerprint density at radius 3 is 2.62 bits per heavy atom. The van der Waals surface area contributed by atoms with E-state index < -0.39 is 0 Å². The van der Waals surface area contributed by atoms with Crippen molar-refractivity contribution in [3.63, 3.8) is 0 Å². The fourth-order valence-corrected chi connectivity index (χ4v) is 4.04. The van der Waals surface area contributed by atoms with Crippen LogP contribution in [0.1, 0.15) is 51.1 Å². The first-order valence-electron chi connectivity index (χ1n) is 9.42. The second kappa shape index (κ2) is 8.02. The van der Waals surface area contributed by atoms with Crippen molar-refractivity contribution in [2.45, 2.75) is 45.6 Å². The summed E-state index contributed by atoms with van der Waals surface area (Å²) in [6.07, 6.45) is 4.71. The standard InChI is InChI=1S/C20H30N2O2/c1-3-24-18-10-8-17(9-11-18)19-7-5-12-21(19)15-20(23)22-13-4-6-16(2)14-22/h8-11,16,19H,3-7,12-15H2,1-2H3/t16-,19+/m0/s1. The Labute approximate surface area is 145 Å². The summed E-state index contributed by atoms with van der Waals surface area (Å²) < 4.78 is 5.53. The number of hydrogen-bond donors (Lipinski definition) is 0. The number of nitrogens with zero attached hydrogens (tertiary/aromatic N) is 2. The number of benzene rings is 1. The number of rotatable bonds is 5. The molecule has 4 heteroatoms. The van der Waals surface area contributed by atoms with Gasteiger partial charge in [0.05, 0.1) is 13.2 Å². The molecule has 0 N–H and O–H groups in total. The summed E-state index contributed by atoms with van der Waals surface area (Å²) in [6.45, 7) is 8.39. The van der Waals surface area contributed by atoms with Crippen LogP contribution in [0.15, 0.2) is 24.3 Å². The molecule has 1 amide bonds. The monoisotopic (exact) mass is 330 g/mol. The number of hydrogen-bond acceptors (Lipinski definition) is 3. The molecule has 0 aromatic heterocycles. The van der Waals surface area contributed by atoms with Crippen molar-refractivity contribution in [3.8, 4) is 5.75 Å². The third-order valence-electron chi connectivity index (χ3n) is 5.29. The fourth-order valence-electron chi connectivity index (χ4n) is 4.04. The van der Waals surface area contributed by atoms with E-state index in [1.807, 2.05) is 19.1 Å². The van der Waals surface area contributed by atoms with Gasteiger partial charge < -0.3 is 9.64 Å². The van der Waals surface area contributed by atoms with Gasteiger partial charge in [-0.25, -0.2) is 0 Å². The number of carbonyl (C=O) groups is 1. The molecule has 1 aromatic rings. The topological polar surface area (TPSA) is 32.8 Å². The average molecular weight is 330 g/mol. The van der Waals surface area contributed by atoms with Crippen LogP contribution in [0.5, 0.6) is 5.75 Å². The molecule has 0 bridgehead atoms. The second-order valence-electron chi connectivity index (χ2n) is 7.22. The SMILES string of the molecule is CCOc1ccc([C@H]2CCCN2CC(=O)N2CCC[C@H](C)C2)cc1. The molecule has 4 nitrogen and oxygen atoms in total. The molecular weight excluding hydrogens is 300 g/mol. The highest BCUT2D eigenvalue weighted by molar-refractivity contribution is 5.78. The first-order valence-corrected chi connectivity index (χ1v) is 9.42. The summed E-state index contributed by atoms with van der Waals surface area (Å²) in [5.41, 5.74) is 1.30. The molecule has 0 spiro atoms. The molecule has 2 saturated heterocycles. The largest absolute Gasteiger partial charge is 0.494 e. The van der Waals surface area contributed by atoms with E-state index in [9.17, 15) is 4.79 Å². The minimum Gasteiger partial charge on any atom is -0.494 e. The summed E-state index contributed by atoms with van der Waals surface area (Å²) in [5, 5.41) is 0. The lowest BCUT2D eigenvalue weighted by molar-refractivity contribution is -0.134. The molecule has 0 radical (unpaired) electrons. The molecule has 2 heterocycles. The Bertz CT molecular complexity index is 543. The van der Waals surface area contributed by atoms with Gasteiger partial charge in [0.15, 0.2) is 0 Å². The molecule has 2 aliphatic rings. The van der Waals surface area contributed by atoms with Gasteiger partial charge in [0.25, 0.3) is 0 Å². The minimum absolute atomic E-state index is 0.305. The Hall–Kier alpha value is -1.55. The Balaban J connectivity index is 1.61. The van der Waals surface area contributed by atoms with Crippen molar-refractivity contribution >= 4 is 5.91 Å². The molecule has 2 fully saturated rings. The van der Waals surface area contributed by atoms with Gasteiger partial charge in [-0.1, -0.05) is 19.1 Å². The van der Waals surface area contributed by atoms with Gasteiger partial charge in [0.1, 0.15) is 5.75 Å². The predicted molar refractivity (Wildman–Crippen MR) is 96.1 cm³/mol. The molecule has 2 aliphatic heterocycles. The summed E-state index contributed by atoms with van der Waals surface area (Å²) in [6, 6.07) is 8.77. The van der Waals surface area contributed by atoms with Crippen molar-refractivity contribution < 1.29 is 9.53 Å². The Morgan fingerprint density at radius 1 is 1.17 bits per heavy atom. The number of piperidine rings is 1. The first-order chi connectivity index (χ1) is 11.7. The molecule has 132 valence electrons. The van der Waals surface area contributed by atoms with Crippen LogP contribution in [0.25, 0.3) is 0 Å². The average Bonchev–Trinajstić information content (AvgIpc) is 3.04. The highest BCUT2D eigenvalue weighted by atomic mass is 16.5. The van der Waals surface area contributed by atoms with Gasteiger partial charge in [-0.15, -0.1) is 0 Å². The van der Waals surface area contributed by atoms with E-state index in [1.165, 1.54) is 18.4 Å². The van der Waals surface area contributed by atoms with E-state index in [1.54, 1.807) is 0 Å². The van der Waals surface area contributed by atoms with Gasteiger partial charge in [-0.3, -0.25) is 9.69 Å². The molecule has 3 rings (SSSR count). The van der Waals surface area contributed by atoms with Gasteiger partial charge in [-0.05, 0) is 62.8 Å². The molecule has 24 heavy (non-hydrogen) atoms. The van der Waals surface area contributed by atoms with Crippen LogP contribution in [0.2, 0.25) is 0 Å². The smallest absolute Gasteiger partial charge is 0.236 e. The quantitative estimate of drug-likeness (QED) is 0.828. The number of amides is 1.